The number of halogens is 2. The fourth-order valence-electron chi connectivity index (χ4n) is 3.61. The number of hydrogen-bond acceptors (Lipinski definition) is 3. The number of rotatable bonds is 5. The molecule has 3 aromatic rings. The van der Waals surface area contributed by atoms with Gasteiger partial charge in [-0.1, -0.05) is 24.3 Å². The molecule has 1 aliphatic rings. The summed E-state index contributed by atoms with van der Waals surface area (Å²) in [6.07, 6.45) is 6.89. The van der Waals surface area contributed by atoms with Gasteiger partial charge in [-0.15, -0.1) is 18.3 Å². The maximum atomic E-state index is 14.2. The lowest BCUT2D eigenvalue weighted by molar-refractivity contribution is 0.123. The van der Waals surface area contributed by atoms with Crippen LogP contribution in [0.3, 0.4) is 0 Å². The summed E-state index contributed by atoms with van der Waals surface area (Å²) in [7, 11) is 0. The summed E-state index contributed by atoms with van der Waals surface area (Å²) >= 11 is 1.52. The van der Waals surface area contributed by atoms with E-state index in [0.717, 1.165) is 10.5 Å². The van der Waals surface area contributed by atoms with Crippen LogP contribution in [-0.4, -0.2) is 19.4 Å². The molecule has 1 N–H and O–H groups in total. The van der Waals surface area contributed by atoms with Crippen LogP contribution in [0, 0.1) is 11.6 Å². The monoisotopic (exact) mass is 384 g/mol. The molecule has 0 radical (unpaired) electrons. The van der Waals surface area contributed by atoms with E-state index in [1.807, 2.05) is 10.8 Å². The fraction of sp³-hybridized carbons (Fsp3) is 0.190. The zero-order chi connectivity index (χ0) is 19.0. The minimum atomic E-state index is -0.725. The second-order valence-corrected chi connectivity index (χ2v) is 8.10. The van der Waals surface area contributed by atoms with E-state index in [2.05, 4.69) is 11.6 Å². The van der Waals surface area contributed by atoms with Gasteiger partial charge in [-0.3, -0.25) is 0 Å². The summed E-state index contributed by atoms with van der Waals surface area (Å²) in [6, 6.07) is 9.01. The normalized spacial score (nSPS) is 21.2. The quantitative estimate of drug-likeness (QED) is 0.631. The molecule has 0 saturated carbocycles. The van der Waals surface area contributed by atoms with Crippen molar-refractivity contribution in [2.75, 3.05) is 0 Å². The first-order valence-corrected chi connectivity index (χ1v) is 9.38. The van der Waals surface area contributed by atoms with Gasteiger partial charge in [0.2, 0.25) is 0 Å². The number of imidazole rings is 1. The van der Waals surface area contributed by atoms with Crippen molar-refractivity contribution in [2.24, 2.45) is 0 Å². The SMILES string of the molecule is C=CC[C@@]1(Cn2ccnc2)Sc2cc(-c3c(F)cccc3F)ccc2[C@@H]1O. The maximum Gasteiger partial charge on any atom is 0.133 e. The lowest BCUT2D eigenvalue weighted by Gasteiger charge is -2.31. The van der Waals surface area contributed by atoms with E-state index >= 15 is 0 Å². The number of fused-ring (bicyclic) bond motifs is 1. The Labute approximate surface area is 160 Å². The molecular formula is C21H18F2N2OS. The highest BCUT2D eigenvalue weighted by molar-refractivity contribution is 8.01. The Kier molecular flexibility index (Phi) is 4.61. The smallest absolute Gasteiger partial charge is 0.133 e. The highest BCUT2D eigenvalue weighted by Crippen LogP contribution is 2.55. The van der Waals surface area contributed by atoms with Crippen LogP contribution < -0.4 is 0 Å². The lowest BCUT2D eigenvalue weighted by atomic mass is 9.91. The Morgan fingerprint density at radius 2 is 2.04 bits per heavy atom. The van der Waals surface area contributed by atoms with Crippen LogP contribution in [0.1, 0.15) is 18.1 Å². The van der Waals surface area contributed by atoms with Gasteiger partial charge in [-0.2, -0.15) is 0 Å². The van der Waals surface area contributed by atoms with Crippen molar-refractivity contribution >= 4 is 11.8 Å². The topological polar surface area (TPSA) is 38.0 Å². The average Bonchev–Trinajstić information content (AvgIpc) is 3.22. The Morgan fingerprint density at radius 3 is 2.70 bits per heavy atom. The number of aromatic nitrogens is 2. The Morgan fingerprint density at radius 1 is 1.26 bits per heavy atom. The molecule has 0 fully saturated rings. The molecule has 2 atom stereocenters. The van der Waals surface area contributed by atoms with Crippen LogP contribution in [-0.2, 0) is 6.54 Å². The van der Waals surface area contributed by atoms with Gasteiger partial charge in [0.25, 0.3) is 0 Å². The van der Waals surface area contributed by atoms with Gasteiger partial charge in [0.15, 0.2) is 0 Å². The molecule has 4 rings (SSSR count). The van der Waals surface area contributed by atoms with Crippen molar-refractivity contribution < 1.29 is 13.9 Å². The molecule has 27 heavy (non-hydrogen) atoms. The number of benzene rings is 2. The molecule has 0 bridgehead atoms. The van der Waals surface area contributed by atoms with Gasteiger partial charge in [-0.05, 0) is 35.7 Å². The van der Waals surface area contributed by atoms with Crippen molar-refractivity contribution in [3.8, 4) is 11.1 Å². The summed E-state index contributed by atoms with van der Waals surface area (Å²) in [5.74, 6) is -1.21. The molecule has 1 aliphatic heterocycles. The number of nitrogens with zero attached hydrogens (tertiary/aromatic N) is 2. The molecule has 6 heteroatoms. The van der Waals surface area contributed by atoms with Gasteiger partial charge >= 0.3 is 0 Å². The highest BCUT2D eigenvalue weighted by Gasteiger charge is 2.46. The summed E-state index contributed by atoms with van der Waals surface area (Å²) in [4.78, 5) is 4.89. The van der Waals surface area contributed by atoms with Crippen LogP contribution >= 0.6 is 11.8 Å². The van der Waals surface area contributed by atoms with E-state index in [0.29, 0.717) is 18.5 Å². The standard InChI is InChI=1S/C21H18F2N2OS/c1-2-8-21(12-25-10-9-24-13-25)20(26)15-7-6-14(11-18(15)27-21)19-16(22)4-3-5-17(19)23/h2-7,9-11,13,20,26H,1,8,12H2/t20-,21-/m0/s1. The molecule has 0 spiro atoms. The summed E-state index contributed by atoms with van der Waals surface area (Å²) < 4.78 is 29.7. The second-order valence-electron chi connectivity index (χ2n) is 6.65. The zero-order valence-corrected chi connectivity index (χ0v) is 15.3. The van der Waals surface area contributed by atoms with Crippen LogP contribution in [0.15, 0.2) is 72.7 Å². The van der Waals surface area contributed by atoms with E-state index in [-0.39, 0.29) is 5.56 Å². The van der Waals surface area contributed by atoms with Gasteiger partial charge in [0.05, 0.1) is 22.7 Å². The van der Waals surface area contributed by atoms with E-state index in [1.54, 1.807) is 36.8 Å². The predicted molar refractivity (Wildman–Crippen MR) is 102 cm³/mol. The molecule has 0 unspecified atom stereocenters. The van der Waals surface area contributed by atoms with E-state index in [4.69, 9.17) is 0 Å². The second kappa shape index (κ2) is 6.94. The minimum Gasteiger partial charge on any atom is -0.387 e. The van der Waals surface area contributed by atoms with Crippen LogP contribution in [0.25, 0.3) is 11.1 Å². The first-order valence-electron chi connectivity index (χ1n) is 8.56. The molecule has 3 nitrogen and oxygen atoms in total. The number of allylic oxidation sites excluding steroid dienone is 1. The first-order chi connectivity index (χ1) is 13.0. The van der Waals surface area contributed by atoms with Crippen molar-refractivity contribution in [1.29, 1.82) is 0 Å². The van der Waals surface area contributed by atoms with E-state index in [9.17, 15) is 13.9 Å². The largest absolute Gasteiger partial charge is 0.387 e. The van der Waals surface area contributed by atoms with Gasteiger partial charge in [-0.25, -0.2) is 13.8 Å². The van der Waals surface area contributed by atoms with Crippen LogP contribution in [0.5, 0.6) is 0 Å². The Balaban J connectivity index is 1.75. The molecule has 0 aliphatic carbocycles. The number of hydrogen-bond donors (Lipinski definition) is 1. The van der Waals surface area contributed by atoms with E-state index in [1.165, 1.54) is 30.0 Å². The van der Waals surface area contributed by atoms with Crippen LogP contribution in [0.4, 0.5) is 8.78 Å². The average molecular weight is 384 g/mol. The molecular weight excluding hydrogens is 366 g/mol. The number of thioether (sulfide) groups is 1. The Hall–Kier alpha value is -2.44. The number of aliphatic hydroxyl groups excluding tert-OH is 1. The van der Waals surface area contributed by atoms with Gasteiger partial charge < -0.3 is 9.67 Å². The predicted octanol–water partition coefficient (Wildman–Crippen LogP) is 4.98. The minimum absolute atomic E-state index is 0.0498. The molecule has 0 saturated heterocycles. The molecule has 2 heterocycles. The fourth-order valence-corrected chi connectivity index (χ4v) is 5.18. The lowest BCUT2D eigenvalue weighted by Crippen LogP contribution is -2.33. The van der Waals surface area contributed by atoms with Crippen molar-refractivity contribution in [3.05, 3.63) is 85.0 Å². The van der Waals surface area contributed by atoms with Crippen molar-refractivity contribution in [3.63, 3.8) is 0 Å². The third-order valence-electron chi connectivity index (χ3n) is 4.87. The highest BCUT2D eigenvalue weighted by atomic mass is 32.2. The molecule has 2 aromatic carbocycles. The summed E-state index contributed by atoms with van der Waals surface area (Å²) in [5.41, 5.74) is 1.18. The van der Waals surface area contributed by atoms with Gasteiger partial charge in [0.1, 0.15) is 11.6 Å². The van der Waals surface area contributed by atoms with Crippen LogP contribution in [0.2, 0.25) is 0 Å². The third-order valence-corrected chi connectivity index (χ3v) is 6.37. The summed E-state index contributed by atoms with van der Waals surface area (Å²) in [6.45, 7) is 4.38. The summed E-state index contributed by atoms with van der Waals surface area (Å²) in [5, 5.41) is 11.0. The zero-order valence-electron chi connectivity index (χ0n) is 14.5. The molecule has 0 amide bonds. The molecule has 1 aromatic heterocycles. The third kappa shape index (κ3) is 3.09. The van der Waals surface area contributed by atoms with Crippen molar-refractivity contribution in [2.45, 2.75) is 28.7 Å². The Bertz CT molecular complexity index is 970. The number of aliphatic hydroxyl groups is 1. The van der Waals surface area contributed by atoms with Crippen molar-refractivity contribution in [1.82, 2.24) is 9.55 Å². The van der Waals surface area contributed by atoms with E-state index < -0.39 is 22.5 Å². The van der Waals surface area contributed by atoms with Gasteiger partial charge in [0, 0.05) is 23.8 Å². The molecule has 138 valence electrons. The first kappa shape index (κ1) is 17.9. The maximum absolute atomic E-state index is 14.2.